The summed E-state index contributed by atoms with van der Waals surface area (Å²) in [5.41, 5.74) is 2.18. The van der Waals surface area contributed by atoms with E-state index < -0.39 is 12.1 Å². The highest BCUT2D eigenvalue weighted by Gasteiger charge is 2.41. The average molecular weight is 442 g/mol. The number of alkyl halides is 3. The Morgan fingerprint density at radius 1 is 1.07 bits per heavy atom. The molecule has 0 radical (unpaired) electrons. The van der Waals surface area contributed by atoms with Crippen molar-refractivity contribution in [1.29, 1.82) is 0 Å². The fraction of sp³-hybridized carbons (Fsp3) is 0.429. The van der Waals surface area contributed by atoms with Gasteiger partial charge in [-0.1, -0.05) is 36.4 Å². The molecule has 0 bridgehead atoms. The Hall–Kier alpha value is -1.53. The highest BCUT2D eigenvalue weighted by molar-refractivity contribution is 9.10. The quantitative estimate of drug-likeness (QED) is 0.557. The number of hydrogen-bond acceptors (Lipinski definition) is 2. The summed E-state index contributed by atoms with van der Waals surface area (Å²) in [7, 11) is 0. The molecule has 2 aromatic carbocycles. The van der Waals surface area contributed by atoms with Gasteiger partial charge >= 0.3 is 6.18 Å². The average Bonchev–Trinajstić information content (AvgIpc) is 2.66. The first kappa shape index (κ1) is 20.2. The number of halogens is 4. The minimum absolute atomic E-state index is 0.114. The summed E-state index contributed by atoms with van der Waals surface area (Å²) < 4.78 is 45.5. The molecule has 1 aliphatic heterocycles. The third-order valence-corrected chi connectivity index (χ3v) is 5.54. The third-order valence-electron chi connectivity index (χ3n) is 4.92. The van der Waals surface area contributed by atoms with E-state index in [0.717, 1.165) is 34.3 Å². The van der Waals surface area contributed by atoms with Gasteiger partial charge in [-0.15, -0.1) is 0 Å². The second-order valence-electron chi connectivity index (χ2n) is 6.97. The highest BCUT2D eigenvalue weighted by atomic mass is 79.9. The van der Waals surface area contributed by atoms with E-state index in [1.165, 1.54) is 0 Å². The lowest BCUT2D eigenvalue weighted by Gasteiger charge is -2.33. The van der Waals surface area contributed by atoms with E-state index in [9.17, 15) is 13.2 Å². The van der Waals surface area contributed by atoms with Crippen LogP contribution in [0.1, 0.15) is 24.0 Å². The van der Waals surface area contributed by atoms with Gasteiger partial charge in [-0.3, -0.25) is 0 Å². The standard InChI is InChI=1S/C21H23BrF3NO/c22-19-13-16(8-9-20(19)27-15-17-5-2-1-3-6-17)10-12-26-11-4-7-18(14-26)21(23,24)25/h1-3,5-6,8-9,13,18H,4,7,10-12,14-15H2. The minimum atomic E-state index is -4.08. The van der Waals surface area contributed by atoms with Crippen LogP contribution >= 0.6 is 15.9 Å². The number of hydrogen-bond donors (Lipinski definition) is 0. The van der Waals surface area contributed by atoms with Crippen LogP contribution in [-0.4, -0.2) is 30.7 Å². The Balaban J connectivity index is 1.51. The predicted octanol–water partition coefficient (Wildman–Crippen LogP) is 5.84. The van der Waals surface area contributed by atoms with Crippen LogP contribution in [0.5, 0.6) is 5.75 Å². The maximum Gasteiger partial charge on any atom is 0.393 e. The molecule has 27 heavy (non-hydrogen) atoms. The largest absolute Gasteiger partial charge is 0.488 e. The second-order valence-corrected chi connectivity index (χ2v) is 7.82. The lowest BCUT2D eigenvalue weighted by Crippen LogP contribution is -2.42. The molecule has 1 saturated heterocycles. The lowest BCUT2D eigenvalue weighted by molar-refractivity contribution is -0.186. The van der Waals surface area contributed by atoms with Crippen molar-refractivity contribution in [3.8, 4) is 5.75 Å². The van der Waals surface area contributed by atoms with Crippen molar-refractivity contribution in [3.63, 3.8) is 0 Å². The van der Waals surface area contributed by atoms with Crippen LogP contribution < -0.4 is 4.74 Å². The molecule has 146 valence electrons. The molecule has 6 heteroatoms. The predicted molar refractivity (Wildman–Crippen MR) is 104 cm³/mol. The maximum absolute atomic E-state index is 12.9. The van der Waals surface area contributed by atoms with Gasteiger partial charge in [-0.2, -0.15) is 13.2 Å². The summed E-state index contributed by atoms with van der Waals surface area (Å²) in [6.07, 6.45) is -2.50. The minimum Gasteiger partial charge on any atom is -0.488 e. The number of likely N-dealkylation sites (tertiary alicyclic amines) is 1. The zero-order valence-electron chi connectivity index (χ0n) is 15.0. The van der Waals surface area contributed by atoms with Crippen molar-refractivity contribution >= 4 is 15.9 Å². The maximum atomic E-state index is 12.9. The van der Waals surface area contributed by atoms with E-state index in [4.69, 9.17) is 4.74 Å². The molecule has 0 spiro atoms. The fourth-order valence-electron chi connectivity index (χ4n) is 3.37. The molecule has 3 rings (SSSR count). The molecule has 0 aliphatic carbocycles. The summed E-state index contributed by atoms with van der Waals surface area (Å²) in [6, 6.07) is 15.8. The van der Waals surface area contributed by atoms with E-state index in [1.54, 1.807) is 0 Å². The molecule has 0 amide bonds. The van der Waals surface area contributed by atoms with Gasteiger partial charge in [0.05, 0.1) is 10.4 Å². The summed E-state index contributed by atoms with van der Waals surface area (Å²) >= 11 is 3.53. The van der Waals surface area contributed by atoms with Crippen molar-refractivity contribution in [1.82, 2.24) is 4.90 Å². The molecule has 1 heterocycles. The van der Waals surface area contributed by atoms with Gasteiger partial charge in [0.1, 0.15) is 12.4 Å². The first-order valence-corrected chi connectivity index (χ1v) is 9.95. The molecule has 0 aromatic heterocycles. The smallest absolute Gasteiger partial charge is 0.393 e. The molecule has 0 N–H and O–H groups in total. The Morgan fingerprint density at radius 2 is 1.85 bits per heavy atom. The molecular weight excluding hydrogens is 419 g/mol. The number of benzene rings is 2. The van der Waals surface area contributed by atoms with Crippen LogP contribution in [0.25, 0.3) is 0 Å². The van der Waals surface area contributed by atoms with E-state index in [0.29, 0.717) is 19.6 Å². The van der Waals surface area contributed by atoms with Crippen LogP contribution in [0.15, 0.2) is 53.0 Å². The molecule has 1 fully saturated rings. The normalized spacial score (nSPS) is 18.4. The topological polar surface area (TPSA) is 12.5 Å². The van der Waals surface area contributed by atoms with Gasteiger partial charge in [0.2, 0.25) is 0 Å². The molecule has 0 saturated carbocycles. The SMILES string of the molecule is FC(F)(F)C1CCCN(CCc2ccc(OCc3ccccc3)c(Br)c2)C1. The highest BCUT2D eigenvalue weighted by Crippen LogP contribution is 2.33. The Kier molecular flexibility index (Phi) is 6.82. The zero-order valence-corrected chi connectivity index (χ0v) is 16.6. The third kappa shape index (κ3) is 5.98. The number of ether oxygens (including phenoxy) is 1. The number of piperidine rings is 1. The van der Waals surface area contributed by atoms with Crippen molar-refractivity contribution in [2.45, 2.75) is 32.0 Å². The Morgan fingerprint density at radius 3 is 2.56 bits per heavy atom. The van der Waals surface area contributed by atoms with Gasteiger partial charge in [0.15, 0.2) is 0 Å². The van der Waals surface area contributed by atoms with Gasteiger partial charge in [0, 0.05) is 13.1 Å². The molecule has 2 aromatic rings. The van der Waals surface area contributed by atoms with E-state index >= 15 is 0 Å². The lowest BCUT2D eigenvalue weighted by atomic mass is 9.97. The first-order chi connectivity index (χ1) is 12.9. The molecule has 1 unspecified atom stereocenters. The number of nitrogens with zero attached hydrogens (tertiary/aromatic N) is 1. The van der Waals surface area contributed by atoms with Crippen molar-refractivity contribution in [2.24, 2.45) is 5.92 Å². The first-order valence-electron chi connectivity index (χ1n) is 9.16. The fourth-order valence-corrected chi connectivity index (χ4v) is 3.91. The van der Waals surface area contributed by atoms with Crippen molar-refractivity contribution in [3.05, 3.63) is 64.1 Å². The molecule has 1 aliphatic rings. The van der Waals surface area contributed by atoms with Gasteiger partial charge in [-0.05, 0) is 65.0 Å². The van der Waals surface area contributed by atoms with Gasteiger partial charge in [-0.25, -0.2) is 0 Å². The van der Waals surface area contributed by atoms with Gasteiger partial charge < -0.3 is 9.64 Å². The van der Waals surface area contributed by atoms with Crippen LogP contribution in [-0.2, 0) is 13.0 Å². The van der Waals surface area contributed by atoms with E-state index in [1.807, 2.05) is 53.4 Å². The Labute approximate surface area is 166 Å². The summed E-state index contributed by atoms with van der Waals surface area (Å²) in [6.45, 7) is 1.99. The van der Waals surface area contributed by atoms with Crippen molar-refractivity contribution < 1.29 is 17.9 Å². The van der Waals surface area contributed by atoms with Crippen molar-refractivity contribution in [2.75, 3.05) is 19.6 Å². The summed E-state index contributed by atoms with van der Waals surface area (Å²) in [5.74, 6) is -0.426. The Bertz CT molecular complexity index is 736. The second kappa shape index (κ2) is 9.11. The van der Waals surface area contributed by atoms with Crippen LogP contribution in [0.3, 0.4) is 0 Å². The van der Waals surface area contributed by atoms with Crippen LogP contribution in [0.4, 0.5) is 13.2 Å². The monoisotopic (exact) mass is 441 g/mol. The molecule has 2 nitrogen and oxygen atoms in total. The zero-order chi connectivity index (χ0) is 19.3. The van der Waals surface area contributed by atoms with Crippen LogP contribution in [0.2, 0.25) is 0 Å². The molecular formula is C21H23BrF3NO. The summed E-state index contributed by atoms with van der Waals surface area (Å²) in [5, 5.41) is 0. The van der Waals surface area contributed by atoms with E-state index in [2.05, 4.69) is 15.9 Å². The number of rotatable bonds is 6. The van der Waals surface area contributed by atoms with E-state index in [-0.39, 0.29) is 13.0 Å². The van der Waals surface area contributed by atoms with Gasteiger partial charge in [0.25, 0.3) is 0 Å². The molecule has 1 atom stereocenters. The summed E-state index contributed by atoms with van der Waals surface area (Å²) in [4.78, 5) is 1.93. The van der Waals surface area contributed by atoms with Crippen LogP contribution in [0, 0.1) is 5.92 Å².